The van der Waals surface area contributed by atoms with Gasteiger partial charge in [-0.2, -0.15) is 0 Å². The van der Waals surface area contributed by atoms with Crippen LogP contribution in [0.2, 0.25) is 0 Å². The van der Waals surface area contributed by atoms with Crippen molar-refractivity contribution in [2.24, 2.45) is 0 Å². The van der Waals surface area contributed by atoms with Gasteiger partial charge in [-0.1, -0.05) is 17.7 Å². The zero-order valence-corrected chi connectivity index (χ0v) is 15.2. The summed E-state index contributed by atoms with van der Waals surface area (Å²) in [6.45, 7) is 3.44. The van der Waals surface area contributed by atoms with Crippen molar-refractivity contribution in [2.75, 3.05) is 16.0 Å². The molecule has 5 nitrogen and oxygen atoms in total. The molecule has 0 saturated carbocycles. The summed E-state index contributed by atoms with van der Waals surface area (Å²) in [5.74, 6) is -0.230. The molecule has 0 aliphatic heterocycles. The Bertz CT molecular complexity index is 948. The van der Waals surface area contributed by atoms with Crippen molar-refractivity contribution in [2.45, 2.75) is 13.8 Å². The highest BCUT2D eigenvalue weighted by Crippen LogP contribution is 2.21. The minimum atomic E-state index is -0.132. The molecule has 5 heteroatoms. The van der Waals surface area contributed by atoms with Crippen LogP contribution in [0, 0.1) is 6.92 Å². The molecule has 3 aromatic carbocycles. The minimum Gasteiger partial charge on any atom is -0.356 e. The Labute approximate surface area is 158 Å². The third-order valence-corrected chi connectivity index (χ3v) is 3.92. The predicted molar refractivity (Wildman–Crippen MR) is 110 cm³/mol. The third-order valence-electron chi connectivity index (χ3n) is 3.92. The van der Waals surface area contributed by atoms with E-state index in [0.717, 1.165) is 28.3 Å². The van der Waals surface area contributed by atoms with E-state index in [1.807, 2.05) is 73.7 Å². The molecule has 0 aromatic heterocycles. The third kappa shape index (κ3) is 5.19. The summed E-state index contributed by atoms with van der Waals surface area (Å²) in [6, 6.07) is 22.4. The van der Waals surface area contributed by atoms with Crippen molar-refractivity contribution in [3.63, 3.8) is 0 Å². The molecule has 0 atom stereocenters. The van der Waals surface area contributed by atoms with E-state index in [1.165, 1.54) is 6.92 Å². The molecule has 0 fully saturated rings. The normalized spacial score (nSPS) is 10.1. The van der Waals surface area contributed by atoms with E-state index in [-0.39, 0.29) is 11.8 Å². The fourth-order valence-corrected chi connectivity index (χ4v) is 2.63. The fraction of sp³-hybridized carbons (Fsp3) is 0.0909. The molecule has 3 rings (SSSR count). The molecular weight excluding hydrogens is 338 g/mol. The lowest BCUT2D eigenvalue weighted by atomic mass is 10.1. The van der Waals surface area contributed by atoms with Gasteiger partial charge in [-0.05, 0) is 67.6 Å². The van der Waals surface area contributed by atoms with Gasteiger partial charge in [0.1, 0.15) is 0 Å². The number of anilines is 4. The minimum absolute atomic E-state index is 0.0981. The second-order valence-corrected chi connectivity index (χ2v) is 6.28. The van der Waals surface area contributed by atoms with Crippen LogP contribution in [-0.2, 0) is 4.79 Å². The maximum absolute atomic E-state index is 12.3. The van der Waals surface area contributed by atoms with E-state index in [4.69, 9.17) is 0 Å². The van der Waals surface area contributed by atoms with Crippen LogP contribution in [0.1, 0.15) is 22.8 Å². The van der Waals surface area contributed by atoms with Crippen LogP contribution in [0.4, 0.5) is 22.7 Å². The van der Waals surface area contributed by atoms with E-state index in [2.05, 4.69) is 16.0 Å². The summed E-state index contributed by atoms with van der Waals surface area (Å²) in [4.78, 5) is 23.3. The largest absolute Gasteiger partial charge is 0.356 e. The second kappa shape index (κ2) is 8.19. The number of nitrogens with one attached hydrogen (secondary N) is 3. The van der Waals surface area contributed by atoms with Gasteiger partial charge in [0.05, 0.1) is 0 Å². The highest BCUT2D eigenvalue weighted by molar-refractivity contribution is 6.04. The van der Waals surface area contributed by atoms with E-state index >= 15 is 0 Å². The molecular formula is C22H21N3O2. The Morgan fingerprint density at radius 1 is 0.704 bits per heavy atom. The van der Waals surface area contributed by atoms with Crippen molar-refractivity contribution in [3.05, 3.63) is 83.9 Å². The van der Waals surface area contributed by atoms with Crippen molar-refractivity contribution >= 4 is 34.6 Å². The lowest BCUT2D eigenvalue weighted by Gasteiger charge is -2.10. The molecule has 0 heterocycles. The molecule has 136 valence electrons. The molecule has 0 aliphatic rings. The molecule has 27 heavy (non-hydrogen) atoms. The number of carbonyl (C=O) groups is 2. The van der Waals surface area contributed by atoms with Crippen LogP contribution in [0.5, 0.6) is 0 Å². The number of hydrogen-bond donors (Lipinski definition) is 3. The van der Waals surface area contributed by atoms with E-state index in [1.54, 1.807) is 6.07 Å². The fourth-order valence-electron chi connectivity index (χ4n) is 2.63. The molecule has 2 amide bonds. The van der Waals surface area contributed by atoms with Crippen LogP contribution < -0.4 is 16.0 Å². The Kier molecular flexibility index (Phi) is 5.52. The molecule has 0 spiro atoms. The van der Waals surface area contributed by atoms with E-state index in [0.29, 0.717) is 5.56 Å². The average Bonchev–Trinajstić information content (AvgIpc) is 2.64. The average molecular weight is 359 g/mol. The Morgan fingerprint density at radius 2 is 1.22 bits per heavy atom. The Balaban J connectivity index is 1.61. The zero-order chi connectivity index (χ0) is 19.2. The summed E-state index contributed by atoms with van der Waals surface area (Å²) in [5.41, 5.74) is 4.97. The van der Waals surface area contributed by atoms with Crippen LogP contribution >= 0.6 is 0 Å². The predicted octanol–water partition coefficient (Wildman–Crippen LogP) is 4.95. The number of amides is 2. The SMILES string of the molecule is CC(=O)Nc1ccc(Nc2ccc(NC(=O)c3cccc(C)c3)cc2)cc1. The summed E-state index contributed by atoms with van der Waals surface area (Å²) in [6.07, 6.45) is 0. The first kappa shape index (κ1) is 18.2. The molecule has 0 aliphatic carbocycles. The van der Waals surface area contributed by atoms with Crippen molar-refractivity contribution in [3.8, 4) is 0 Å². The van der Waals surface area contributed by atoms with Gasteiger partial charge in [0.2, 0.25) is 5.91 Å². The quantitative estimate of drug-likeness (QED) is 0.604. The topological polar surface area (TPSA) is 70.2 Å². The first-order valence-corrected chi connectivity index (χ1v) is 8.62. The van der Waals surface area contributed by atoms with Crippen molar-refractivity contribution < 1.29 is 9.59 Å². The monoisotopic (exact) mass is 359 g/mol. The van der Waals surface area contributed by atoms with Crippen molar-refractivity contribution in [1.82, 2.24) is 0 Å². The molecule has 0 radical (unpaired) electrons. The van der Waals surface area contributed by atoms with Crippen LogP contribution in [-0.4, -0.2) is 11.8 Å². The lowest BCUT2D eigenvalue weighted by molar-refractivity contribution is -0.114. The number of aryl methyl sites for hydroxylation is 1. The Morgan fingerprint density at radius 3 is 1.74 bits per heavy atom. The molecule has 3 aromatic rings. The molecule has 0 saturated heterocycles. The lowest BCUT2D eigenvalue weighted by Crippen LogP contribution is -2.11. The van der Waals surface area contributed by atoms with Gasteiger partial charge in [0.25, 0.3) is 5.91 Å². The van der Waals surface area contributed by atoms with Crippen LogP contribution in [0.3, 0.4) is 0 Å². The molecule has 0 unspecified atom stereocenters. The molecule has 0 bridgehead atoms. The second-order valence-electron chi connectivity index (χ2n) is 6.28. The van der Waals surface area contributed by atoms with Gasteiger partial charge in [-0.25, -0.2) is 0 Å². The summed E-state index contributed by atoms with van der Waals surface area (Å²) in [5, 5.41) is 8.91. The maximum atomic E-state index is 12.3. The number of benzene rings is 3. The Hall–Kier alpha value is -3.60. The highest BCUT2D eigenvalue weighted by atomic mass is 16.2. The first-order valence-electron chi connectivity index (χ1n) is 8.62. The van der Waals surface area contributed by atoms with E-state index < -0.39 is 0 Å². The zero-order valence-electron chi connectivity index (χ0n) is 15.2. The highest BCUT2D eigenvalue weighted by Gasteiger charge is 2.06. The standard InChI is InChI=1S/C22H21N3O2/c1-15-4-3-5-17(14-15)22(27)25-21-12-10-20(11-13-21)24-19-8-6-18(7-9-19)23-16(2)26/h3-14,24H,1-2H3,(H,23,26)(H,25,27). The van der Waals surface area contributed by atoms with Gasteiger partial charge in [0.15, 0.2) is 0 Å². The van der Waals surface area contributed by atoms with Gasteiger partial charge >= 0.3 is 0 Å². The van der Waals surface area contributed by atoms with Gasteiger partial charge in [-0.3, -0.25) is 9.59 Å². The maximum Gasteiger partial charge on any atom is 0.255 e. The number of hydrogen-bond acceptors (Lipinski definition) is 3. The van der Waals surface area contributed by atoms with Crippen LogP contribution in [0.25, 0.3) is 0 Å². The summed E-state index contributed by atoms with van der Waals surface area (Å²) < 4.78 is 0. The number of carbonyl (C=O) groups excluding carboxylic acids is 2. The van der Waals surface area contributed by atoms with Gasteiger partial charge < -0.3 is 16.0 Å². The van der Waals surface area contributed by atoms with E-state index in [9.17, 15) is 9.59 Å². The summed E-state index contributed by atoms with van der Waals surface area (Å²) >= 11 is 0. The smallest absolute Gasteiger partial charge is 0.255 e. The molecule has 3 N–H and O–H groups in total. The number of rotatable bonds is 5. The van der Waals surface area contributed by atoms with Crippen LogP contribution in [0.15, 0.2) is 72.8 Å². The van der Waals surface area contributed by atoms with Gasteiger partial charge in [-0.15, -0.1) is 0 Å². The van der Waals surface area contributed by atoms with Crippen molar-refractivity contribution in [1.29, 1.82) is 0 Å². The summed E-state index contributed by atoms with van der Waals surface area (Å²) in [7, 11) is 0. The van der Waals surface area contributed by atoms with Gasteiger partial charge in [0, 0.05) is 35.2 Å². The first-order chi connectivity index (χ1) is 13.0.